The summed E-state index contributed by atoms with van der Waals surface area (Å²) in [6.45, 7) is 3.86. The molecule has 0 saturated carbocycles. The predicted molar refractivity (Wildman–Crippen MR) is 116 cm³/mol. The van der Waals surface area contributed by atoms with Gasteiger partial charge in [-0.25, -0.2) is 10.3 Å². The second kappa shape index (κ2) is 11.6. The van der Waals surface area contributed by atoms with Crippen LogP contribution in [0, 0.1) is 12.8 Å². The first-order valence-corrected chi connectivity index (χ1v) is 9.85. The minimum atomic E-state index is -0.651. The number of hydrogen-bond acceptors (Lipinski definition) is 6. The van der Waals surface area contributed by atoms with E-state index in [-0.39, 0.29) is 11.7 Å². The molecular formula is C23H28N2O6. The minimum absolute atomic E-state index is 0.0562. The van der Waals surface area contributed by atoms with Crippen molar-refractivity contribution in [3.8, 4) is 11.5 Å². The largest absolute Gasteiger partial charge is 0.504 e. The molecule has 0 aromatic heterocycles. The molecule has 0 unspecified atom stereocenters. The molecule has 0 spiro atoms. The number of methoxy groups -OCH3 is 1. The number of carbonyl (C=O) groups excluding carboxylic acids is 2. The van der Waals surface area contributed by atoms with Crippen LogP contribution in [0.5, 0.6) is 11.5 Å². The van der Waals surface area contributed by atoms with Gasteiger partial charge in [-0.3, -0.25) is 15.3 Å². The van der Waals surface area contributed by atoms with Crippen molar-refractivity contribution in [1.29, 1.82) is 0 Å². The second-order valence-electron chi connectivity index (χ2n) is 7.18. The highest BCUT2D eigenvalue weighted by molar-refractivity contribution is 5.86. The Labute approximate surface area is 181 Å². The first-order valence-electron chi connectivity index (χ1n) is 9.85. The van der Waals surface area contributed by atoms with Crippen molar-refractivity contribution in [2.24, 2.45) is 5.92 Å². The number of ether oxygens (including phenoxy) is 2. The Balaban J connectivity index is 2.15. The third-order valence-corrected chi connectivity index (χ3v) is 4.75. The molecule has 166 valence electrons. The van der Waals surface area contributed by atoms with Crippen LogP contribution in [0.4, 0.5) is 10.5 Å². The normalized spacial score (nSPS) is 12.8. The number of carbonyl (C=O) groups is 2. The number of hydrogen-bond donors (Lipinski definition) is 4. The number of hydroxylamine groups is 1. The maximum Gasteiger partial charge on any atom is 0.412 e. The van der Waals surface area contributed by atoms with E-state index in [1.807, 2.05) is 26.0 Å². The smallest absolute Gasteiger partial charge is 0.412 e. The molecule has 0 fully saturated rings. The van der Waals surface area contributed by atoms with E-state index >= 15 is 0 Å². The molecule has 2 aromatic carbocycles. The Morgan fingerprint density at radius 1 is 1.16 bits per heavy atom. The van der Waals surface area contributed by atoms with Crippen molar-refractivity contribution < 1.29 is 29.4 Å². The molecule has 8 heteroatoms. The number of anilines is 1. The lowest BCUT2D eigenvalue weighted by Gasteiger charge is -2.25. The summed E-state index contributed by atoms with van der Waals surface area (Å²) in [6.07, 6.45) is 2.69. The number of aryl methyl sites for hydroxylation is 1. The molecule has 0 saturated heterocycles. The molecule has 2 atom stereocenters. The van der Waals surface area contributed by atoms with Crippen LogP contribution >= 0.6 is 0 Å². The van der Waals surface area contributed by atoms with Crippen LogP contribution in [0.3, 0.4) is 0 Å². The lowest BCUT2D eigenvalue weighted by Crippen LogP contribution is -2.22. The van der Waals surface area contributed by atoms with Crippen molar-refractivity contribution in [2.75, 3.05) is 12.4 Å². The average Bonchev–Trinajstić information content (AvgIpc) is 2.76. The molecule has 4 N–H and O–H groups in total. The van der Waals surface area contributed by atoms with Gasteiger partial charge in [0.05, 0.1) is 7.11 Å². The van der Waals surface area contributed by atoms with Gasteiger partial charge in [-0.2, -0.15) is 0 Å². The van der Waals surface area contributed by atoms with Gasteiger partial charge in [0.2, 0.25) is 0 Å². The highest BCUT2D eigenvalue weighted by Crippen LogP contribution is 2.35. The number of amides is 2. The number of phenols is 1. The average molecular weight is 428 g/mol. The molecular weight excluding hydrogens is 400 g/mol. The molecule has 0 bridgehead atoms. The summed E-state index contributed by atoms with van der Waals surface area (Å²) in [5.41, 5.74) is 3.82. The molecule has 8 nitrogen and oxygen atoms in total. The summed E-state index contributed by atoms with van der Waals surface area (Å²) in [5.74, 6) is -0.493. The van der Waals surface area contributed by atoms with Crippen LogP contribution in [-0.4, -0.2) is 29.4 Å². The van der Waals surface area contributed by atoms with Crippen molar-refractivity contribution >= 4 is 17.7 Å². The van der Waals surface area contributed by atoms with E-state index in [0.29, 0.717) is 29.8 Å². The van der Waals surface area contributed by atoms with E-state index in [1.54, 1.807) is 30.3 Å². The molecule has 0 radical (unpaired) electrons. The fraction of sp³-hybridized carbons (Fsp3) is 0.304. The van der Waals surface area contributed by atoms with Crippen LogP contribution in [0.2, 0.25) is 0 Å². The summed E-state index contributed by atoms with van der Waals surface area (Å²) >= 11 is 0. The zero-order chi connectivity index (χ0) is 22.8. The van der Waals surface area contributed by atoms with E-state index in [1.165, 1.54) is 24.7 Å². The minimum Gasteiger partial charge on any atom is -0.504 e. The van der Waals surface area contributed by atoms with Crippen molar-refractivity contribution in [3.05, 3.63) is 65.7 Å². The van der Waals surface area contributed by atoms with E-state index in [2.05, 4.69) is 5.32 Å². The molecule has 2 rings (SSSR count). The quantitative estimate of drug-likeness (QED) is 0.266. The van der Waals surface area contributed by atoms with Crippen molar-refractivity contribution in [2.45, 2.75) is 32.8 Å². The Kier molecular flexibility index (Phi) is 8.90. The van der Waals surface area contributed by atoms with Gasteiger partial charge in [-0.05, 0) is 55.5 Å². The molecule has 2 amide bonds. The van der Waals surface area contributed by atoms with Gasteiger partial charge in [0.25, 0.3) is 5.91 Å². The molecule has 0 aliphatic rings. The van der Waals surface area contributed by atoms with Crippen LogP contribution in [0.15, 0.2) is 54.6 Å². The van der Waals surface area contributed by atoms with Crippen LogP contribution < -0.4 is 15.5 Å². The Morgan fingerprint density at radius 2 is 1.87 bits per heavy atom. The van der Waals surface area contributed by atoms with Crippen molar-refractivity contribution in [3.63, 3.8) is 0 Å². The number of phenolic OH excluding ortho intramolecular Hbond substituents is 1. The first kappa shape index (κ1) is 23.8. The van der Waals surface area contributed by atoms with Gasteiger partial charge in [0.15, 0.2) is 11.5 Å². The third-order valence-electron chi connectivity index (χ3n) is 4.75. The van der Waals surface area contributed by atoms with Gasteiger partial charge in [-0.1, -0.05) is 36.8 Å². The number of benzene rings is 2. The Bertz CT molecular complexity index is 911. The highest BCUT2D eigenvalue weighted by Gasteiger charge is 2.24. The van der Waals surface area contributed by atoms with E-state index < -0.39 is 18.1 Å². The molecule has 0 aliphatic carbocycles. The summed E-state index contributed by atoms with van der Waals surface area (Å²) in [7, 11) is 1.45. The Hall–Kier alpha value is -3.52. The number of nitrogens with one attached hydrogen (secondary N) is 2. The molecule has 0 aliphatic heterocycles. The number of aromatic hydroxyl groups is 1. The monoisotopic (exact) mass is 428 g/mol. The maximum absolute atomic E-state index is 12.5. The number of rotatable bonds is 9. The highest BCUT2D eigenvalue weighted by atomic mass is 16.6. The summed E-state index contributed by atoms with van der Waals surface area (Å²) in [5, 5.41) is 21.4. The zero-order valence-corrected chi connectivity index (χ0v) is 17.8. The van der Waals surface area contributed by atoms with Crippen LogP contribution in [0.1, 0.15) is 37.0 Å². The molecule has 2 aromatic rings. The van der Waals surface area contributed by atoms with Crippen LogP contribution in [-0.2, 0) is 9.53 Å². The Morgan fingerprint density at radius 3 is 2.48 bits per heavy atom. The molecule has 31 heavy (non-hydrogen) atoms. The van der Waals surface area contributed by atoms with E-state index in [0.717, 1.165) is 5.56 Å². The van der Waals surface area contributed by atoms with Gasteiger partial charge < -0.3 is 14.6 Å². The maximum atomic E-state index is 12.5. The van der Waals surface area contributed by atoms with Gasteiger partial charge in [0, 0.05) is 11.8 Å². The van der Waals surface area contributed by atoms with Gasteiger partial charge >= 0.3 is 6.09 Å². The topological polar surface area (TPSA) is 117 Å². The summed E-state index contributed by atoms with van der Waals surface area (Å²) in [4.78, 5) is 23.6. The SMILES string of the molecule is COc1ccc([C@H](OC(=O)Nc2ccc(C)cc2)[C@H](C)CC/C=C/C(=O)NO)cc1O. The van der Waals surface area contributed by atoms with Gasteiger partial charge in [0.1, 0.15) is 6.10 Å². The van der Waals surface area contributed by atoms with Crippen molar-refractivity contribution in [1.82, 2.24) is 5.48 Å². The number of allylic oxidation sites excluding steroid dienone is 1. The van der Waals surface area contributed by atoms with Gasteiger partial charge in [-0.15, -0.1) is 0 Å². The van der Waals surface area contributed by atoms with E-state index in [4.69, 9.17) is 14.7 Å². The fourth-order valence-electron chi connectivity index (χ4n) is 3.03. The second-order valence-corrected chi connectivity index (χ2v) is 7.18. The first-order chi connectivity index (χ1) is 14.8. The third kappa shape index (κ3) is 7.35. The van der Waals surface area contributed by atoms with Crippen LogP contribution in [0.25, 0.3) is 0 Å². The lowest BCUT2D eigenvalue weighted by molar-refractivity contribution is -0.124. The standard InChI is InChI=1S/C23H28N2O6/c1-15-8-11-18(12-9-15)24-23(28)31-22(16(2)6-4-5-7-21(27)25-29)17-10-13-20(30-3)19(26)14-17/h5,7-14,16,22,26,29H,4,6H2,1-3H3,(H,24,28)(H,25,27)/b7-5+/t16-,22-/m1/s1. The summed E-state index contributed by atoms with van der Waals surface area (Å²) < 4.78 is 10.8. The zero-order valence-electron chi connectivity index (χ0n) is 17.8. The molecule has 0 heterocycles. The lowest BCUT2D eigenvalue weighted by atomic mass is 9.92. The predicted octanol–water partition coefficient (Wildman–Crippen LogP) is 4.48. The fourth-order valence-corrected chi connectivity index (χ4v) is 3.03. The summed E-state index contributed by atoms with van der Waals surface area (Å²) in [6, 6.07) is 12.2. The van der Waals surface area contributed by atoms with E-state index in [9.17, 15) is 14.7 Å².